The van der Waals surface area contributed by atoms with Crippen LogP contribution in [0, 0.1) is 6.92 Å². The summed E-state index contributed by atoms with van der Waals surface area (Å²) < 4.78 is 27.3. The summed E-state index contributed by atoms with van der Waals surface area (Å²) in [5.74, 6) is -0.00977. The number of aryl methyl sites for hydroxylation is 1. The lowest BCUT2D eigenvalue weighted by atomic mass is 10.1. The van der Waals surface area contributed by atoms with Crippen molar-refractivity contribution in [2.45, 2.75) is 37.6 Å². The molecular formula is C14H20N2O3S. The lowest BCUT2D eigenvalue weighted by Gasteiger charge is -2.32. The van der Waals surface area contributed by atoms with Gasteiger partial charge in [-0.05, 0) is 37.5 Å². The van der Waals surface area contributed by atoms with E-state index in [1.807, 2.05) is 13.0 Å². The first kappa shape index (κ1) is 15.0. The van der Waals surface area contributed by atoms with Gasteiger partial charge in [0.2, 0.25) is 15.9 Å². The molecule has 20 heavy (non-hydrogen) atoms. The van der Waals surface area contributed by atoms with Crippen molar-refractivity contribution in [3.8, 4) is 0 Å². The molecule has 0 spiro atoms. The largest absolute Gasteiger partial charge is 0.341 e. The highest BCUT2D eigenvalue weighted by atomic mass is 32.2. The zero-order chi connectivity index (χ0) is 14.8. The van der Waals surface area contributed by atoms with E-state index >= 15 is 0 Å². The van der Waals surface area contributed by atoms with Crippen molar-refractivity contribution in [3.63, 3.8) is 0 Å². The lowest BCUT2D eigenvalue weighted by Crippen LogP contribution is -2.48. The van der Waals surface area contributed by atoms with Gasteiger partial charge in [-0.2, -0.15) is 0 Å². The summed E-state index contributed by atoms with van der Waals surface area (Å²) in [4.78, 5) is 13.3. The van der Waals surface area contributed by atoms with E-state index in [1.54, 1.807) is 23.1 Å². The number of nitrogens with one attached hydrogen (secondary N) is 1. The fraction of sp³-hybridized carbons (Fsp3) is 0.500. The van der Waals surface area contributed by atoms with Crippen molar-refractivity contribution in [3.05, 3.63) is 29.8 Å². The second-order valence-corrected chi connectivity index (χ2v) is 6.96. The van der Waals surface area contributed by atoms with E-state index in [-0.39, 0.29) is 16.8 Å². The molecule has 1 N–H and O–H groups in total. The monoisotopic (exact) mass is 296 g/mol. The third-order valence-corrected chi connectivity index (χ3v) is 5.01. The van der Waals surface area contributed by atoms with Gasteiger partial charge in [0.05, 0.1) is 4.90 Å². The van der Waals surface area contributed by atoms with Crippen molar-refractivity contribution in [1.29, 1.82) is 0 Å². The maximum absolute atomic E-state index is 12.3. The molecule has 0 aliphatic carbocycles. The van der Waals surface area contributed by atoms with E-state index in [0.717, 1.165) is 18.4 Å². The Balaban J connectivity index is 2.10. The Morgan fingerprint density at radius 1 is 1.40 bits per heavy atom. The molecule has 1 amide bonds. The number of benzene rings is 1. The van der Waals surface area contributed by atoms with Gasteiger partial charge in [-0.3, -0.25) is 4.79 Å². The van der Waals surface area contributed by atoms with Gasteiger partial charge in [-0.25, -0.2) is 13.1 Å². The van der Waals surface area contributed by atoms with Crippen LogP contribution in [-0.4, -0.2) is 38.4 Å². The second-order valence-electron chi connectivity index (χ2n) is 5.24. The van der Waals surface area contributed by atoms with Crippen LogP contribution in [-0.2, 0) is 14.8 Å². The van der Waals surface area contributed by atoms with E-state index in [0.29, 0.717) is 13.1 Å². The highest BCUT2D eigenvalue weighted by Crippen LogP contribution is 2.15. The van der Waals surface area contributed by atoms with Gasteiger partial charge in [-0.15, -0.1) is 0 Å². The van der Waals surface area contributed by atoms with Crippen LogP contribution in [0.4, 0.5) is 0 Å². The molecule has 0 bridgehead atoms. The molecule has 1 heterocycles. The number of sulfonamides is 1. The molecule has 0 aromatic heterocycles. The lowest BCUT2D eigenvalue weighted by molar-refractivity contribution is -0.130. The molecule has 1 atom stereocenters. The SMILES string of the molecule is CC(=O)N1CCCC(NS(=O)(=O)c2cccc(C)c2)C1. The van der Waals surface area contributed by atoms with Gasteiger partial charge in [0.1, 0.15) is 0 Å². The quantitative estimate of drug-likeness (QED) is 0.914. The predicted octanol–water partition coefficient (Wildman–Crippen LogP) is 1.28. The zero-order valence-electron chi connectivity index (χ0n) is 11.8. The van der Waals surface area contributed by atoms with Crippen LogP contribution in [0.2, 0.25) is 0 Å². The Hall–Kier alpha value is -1.40. The summed E-state index contributed by atoms with van der Waals surface area (Å²) >= 11 is 0. The molecule has 5 nitrogen and oxygen atoms in total. The Labute approximate surface area is 120 Å². The van der Waals surface area contributed by atoms with E-state index in [1.165, 1.54) is 6.92 Å². The number of hydrogen-bond acceptors (Lipinski definition) is 3. The molecule has 1 aliphatic rings. The minimum absolute atomic E-state index is 0.00977. The average Bonchev–Trinajstić information content (AvgIpc) is 2.38. The summed E-state index contributed by atoms with van der Waals surface area (Å²) in [5.41, 5.74) is 0.905. The molecule has 1 fully saturated rings. The fourth-order valence-electron chi connectivity index (χ4n) is 2.43. The van der Waals surface area contributed by atoms with Gasteiger partial charge in [-0.1, -0.05) is 12.1 Å². The maximum atomic E-state index is 12.3. The van der Waals surface area contributed by atoms with Crippen molar-refractivity contribution in [1.82, 2.24) is 9.62 Å². The number of rotatable bonds is 3. The molecule has 0 radical (unpaired) electrons. The topological polar surface area (TPSA) is 66.5 Å². The number of hydrogen-bond donors (Lipinski definition) is 1. The Morgan fingerprint density at radius 2 is 2.15 bits per heavy atom. The van der Waals surface area contributed by atoms with E-state index < -0.39 is 10.0 Å². The molecule has 2 rings (SSSR count). The van der Waals surface area contributed by atoms with Gasteiger partial charge < -0.3 is 4.90 Å². The molecule has 1 aliphatic heterocycles. The van der Waals surface area contributed by atoms with Crippen molar-refractivity contribution in [2.24, 2.45) is 0 Å². The first-order valence-electron chi connectivity index (χ1n) is 6.73. The van der Waals surface area contributed by atoms with Crippen molar-refractivity contribution < 1.29 is 13.2 Å². The first-order chi connectivity index (χ1) is 9.38. The minimum atomic E-state index is -3.52. The number of nitrogens with zero attached hydrogens (tertiary/aromatic N) is 1. The van der Waals surface area contributed by atoms with Crippen molar-refractivity contribution in [2.75, 3.05) is 13.1 Å². The van der Waals surface area contributed by atoms with Crippen LogP contribution < -0.4 is 4.72 Å². The van der Waals surface area contributed by atoms with Crippen LogP contribution in [0.3, 0.4) is 0 Å². The molecule has 0 saturated carbocycles. The molecule has 1 saturated heterocycles. The molecule has 1 unspecified atom stereocenters. The molecule has 1 aromatic carbocycles. The van der Waals surface area contributed by atoms with Crippen LogP contribution in [0.15, 0.2) is 29.2 Å². The van der Waals surface area contributed by atoms with Crippen LogP contribution in [0.25, 0.3) is 0 Å². The molecule has 6 heteroatoms. The summed E-state index contributed by atoms with van der Waals surface area (Å²) in [6, 6.07) is 6.61. The van der Waals surface area contributed by atoms with Crippen LogP contribution in [0.1, 0.15) is 25.3 Å². The fourth-order valence-corrected chi connectivity index (χ4v) is 3.80. The Kier molecular flexibility index (Phi) is 4.45. The second kappa shape index (κ2) is 5.93. The Morgan fingerprint density at radius 3 is 2.80 bits per heavy atom. The van der Waals surface area contributed by atoms with Crippen LogP contribution in [0.5, 0.6) is 0 Å². The molecule has 110 valence electrons. The Bertz CT molecular complexity index is 598. The highest BCUT2D eigenvalue weighted by Gasteiger charge is 2.26. The van der Waals surface area contributed by atoms with E-state index in [2.05, 4.69) is 4.72 Å². The smallest absolute Gasteiger partial charge is 0.240 e. The number of amides is 1. The summed E-state index contributed by atoms with van der Waals surface area (Å²) in [5, 5.41) is 0. The summed E-state index contributed by atoms with van der Waals surface area (Å²) in [6.07, 6.45) is 1.58. The average molecular weight is 296 g/mol. The van der Waals surface area contributed by atoms with Gasteiger partial charge >= 0.3 is 0 Å². The predicted molar refractivity (Wildman–Crippen MR) is 76.8 cm³/mol. The standard InChI is InChI=1S/C14H20N2O3S/c1-11-5-3-7-14(9-11)20(18,19)15-13-6-4-8-16(10-13)12(2)17/h3,5,7,9,13,15H,4,6,8,10H2,1-2H3. The zero-order valence-corrected chi connectivity index (χ0v) is 12.6. The summed E-state index contributed by atoms with van der Waals surface area (Å²) in [7, 11) is -3.52. The summed E-state index contributed by atoms with van der Waals surface area (Å²) in [6.45, 7) is 4.52. The van der Waals surface area contributed by atoms with Gasteiger partial charge in [0.25, 0.3) is 0 Å². The third-order valence-electron chi connectivity index (χ3n) is 3.49. The maximum Gasteiger partial charge on any atom is 0.240 e. The van der Waals surface area contributed by atoms with Crippen LogP contribution >= 0.6 is 0 Å². The van der Waals surface area contributed by atoms with Gasteiger partial charge in [0.15, 0.2) is 0 Å². The van der Waals surface area contributed by atoms with Gasteiger partial charge in [0, 0.05) is 26.1 Å². The number of piperidine rings is 1. The molecule has 1 aromatic rings. The normalized spacial score (nSPS) is 19.9. The molecular weight excluding hydrogens is 276 g/mol. The number of likely N-dealkylation sites (tertiary alicyclic amines) is 1. The first-order valence-corrected chi connectivity index (χ1v) is 8.21. The van der Waals surface area contributed by atoms with E-state index in [9.17, 15) is 13.2 Å². The minimum Gasteiger partial charge on any atom is -0.341 e. The third kappa shape index (κ3) is 3.58. The number of carbonyl (C=O) groups excluding carboxylic acids is 1. The highest BCUT2D eigenvalue weighted by molar-refractivity contribution is 7.89. The van der Waals surface area contributed by atoms with Crippen molar-refractivity contribution >= 4 is 15.9 Å². The number of carbonyl (C=O) groups is 1. The van der Waals surface area contributed by atoms with E-state index in [4.69, 9.17) is 0 Å².